The van der Waals surface area contributed by atoms with Crippen LogP contribution < -0.4 is 0 Å². The van der Waals surface area contributed by atoms with Gasteiger partial charge in [-0.25, -0.2) is 4.39 Å². The first-order valence-electron chi connectivity index (χ1n) is 3.32. The Labute approximate surface area is 90.5 Å². The molecule has 6 heteroatoms. The predicted octanol–water partition coefficient (Wildman–Crippen LogP) is 3.32. The van der Waals surface area contributed by atoms with Crippen LogP contribution in [0.3, 0.4) is 0 Å². The van der Waals surface area contributed by atoms with Crippen LogP contribution in [0.5, 0.6) is 0 Å². The molecule has 1 nitrogen and oxygen atoms in total. The van der Waals surface area contributed by atoms with Crippen LogP contribution >= 0.6 is 22.6 Å². The van der Waals surface area contributed by atoms with Gasteiger partial charge in [0.25, 0.3) is 0 Å². The van der Waals surface area contributed by atoms with Gasteiger partial charge >= 0.3 is 6.18 Å². The lowest BCUT2D eigenvalue weighted by Gasteiger charge is -2.07. The highest BCUT2D eigenvalue weighted by atomic mass is 127. The largest absolute Gasteiger partial charge is 0.416 e. The summed E-state index contributed by atoms with van der Waals surface area (Å²) in [6.45, 7) is 0. The van der Waals surface area contributed by atoms with Crippen molar-refractivity contribution in [3.8, 4) is 6.07 Å². The summed E-state index contributed by atoms with van der Waals surface area (Å²) >= 11 is 1.48. The average Bonchev–Trinajstić information content (AvgIpc) is 2.07. The summed E-state index contributed by atoms with van der Waals surface area (Å²) in [6, 6.07) is 2.51. The van der Waals surface area contributed by atoms with E-state index in [0.29, 0.717) is 12.1 Å². The molecule has 0 aromatic heterocycles. The van der Waals surface area contributed by atoms with Gasteiger partial charge in [-0.3, -0.25) is 0 Å². The van der Waals surface area contributed by atoms with Crippen LogP contribution in [-0.4, -0.2) is 0 Å². The van der Waals surface area contributed by atoms with Gasteiger partial charge in [-0.05, 0) is 34.7 Å². The Morgan fingerprint density at radius 3 is 2.29 bits per heavy atom. The Hall–Kier alpha value is -0.840. The van der Waals surface area contributed by atoms with Gasteiger partial charge in [0.1, 0.15) is 11.9 Å². The smallest absolute Gasteiger partial charge is 0.206 e. The lowest BCUT2D eigenvalue weighted by Crippen LogP contribution is -2.07. The minimum Gasteiger partial charge on any atom is -0.206 e. The van der Waals surface area contributed by atoms with Gasteiger partial charge in [0.05, 0.1) is 14.7 Å². The molecule has 0 aliphatic heterocycles. The van der Waals surface area contributed by atoms with E-state index in [9.17, 15) is 17.6 Å². The van der Waals surface area contributed by atoms with Crippen LogP contribution in [0, 0.1) is 20.7 Å². The third-order valence-electron chi connectivity index (χ3n) is 1.48. The number of hydrogen-bond acceptors (Lipinski definition) is 1. The maximum Gasteiger partial charge on any atom is 0.416 e. The molecule has 0 aliphatic carbocycles. The lowest BCUT2D eigenvalue weighted by atomic mass is 10.1. The van der Waals surface area contributed by atoms with Gasteiger partial charge in [-0.2, -0.15) is 18.4 Å². The van der Waals surface area contributed by atoms with Crippen molar-refractivity contribution in [2.75, 3.05) is 0 Å². The predicted molar refractivity (Wildman–Crippen MR) is 48.8 cm³/mol. The highest BCUT2D eigenvalue weighted by molar-refractivity contribution is 14.1. The number of halogens is 5. The maximum atomic E-state index is 12.9. The quantitative estimate of drug-likeness (QED) is 0.532. The van der Waals surface area contributed by atoms with Crippen molar-refractivity contribution in [2.45, 2.75) is 6.18 Å². The monoisotopic (exact) mass is 315 g/mol. The van der Waals surface area contributed by atoms with Crippen molar-refractivity contribution in [1.29, 1.82) is 5.26 Å². The van der Waals surface area contributed by atoms with Crippen molar-refractivity contribution < 1.29 is 17.6 Å². The number of alkyl halides is 3. The second-order valence-electron chi connectivity index (χ2n) is 2.43. The molecule has 0 atom stereocenters. The van der Waals surface area contributed by atoms with Gasteiger partial charge in [0.15, 0.2) is 0 Å². The molecule has 14 heavy (non-hydrogen) atoms. The van der Waals surface area contributed by atoms with E-state index in [1.165, 1.54) is 28.7 Å². The first kappa shape index (κ1) is 11.2. The van der Waals surface area contributed by atoms with E-state index in [4.69, 9.17) is 5.26 Å². The SMILES string of the molecule is N#Cc1cc(C(F)(F)F)cc(F)c1I. The molecule has 0 radical (unpaired) electrons. The third-order valence-corrected chi connectivity index (χ3v) is 2.57. The molecule has 0 aliphatic rings. The molecule has 1 aromatic rings. The zero-order chi connectivity index (χ0) is 10.9. The van der Waals surface area contributed by atoms with Crippen LogP contribution in [0.1, 0.15) is 11.1 Å². The minimum absolute atomic E-state index is 0.0990. The van der Waals surface area contributed by atoms with Gasteiger partial charge < -0.3 is 0 Å². The number of nitrogens with zero attached hydrogens (tertiary/aromatic N) is 1. The standard InChI is InChI=1S/C8H2F4IN/c9-6-2-5(8(10,11)12)1-4(3-14)7(6)13/h1-2H. The molecular weight excluding hydrogens is 313 g/mol. The van der Waals surface area contributed by atoms with Gasteiger partial charge in [0.2, 0.25) is 0 Å². The molecule has 0 fully saturated rings. The molecule has 1 rings (SSSR count). The van der Waals surface area contributed by atoms with Crippen molar-refractivity contribution in [3.63, 3.8) is 0 Å². The van der Waals surface area contributed by atoms with Gasteiger partial charge in [-0.15, -0.1) is 0 Å². The fraction of sp³-hybridized carbons (Fsp3) is 0.125. The Morgan fingerprint density at radius 1 is 1.29 bits per heavy atom. The van der Waals surface area contributed by atoms with E-state index >= 15 is 0 Å². The van der Waals surface area contributed by atoms with E-state index in [1.54, 1.807) is 0 Å². The third kappa shape index (κ3) is 2.15. The molecule has 0 N–H and O–H groups in total. The molecule has 0 saturated heterocycles. The Bertz CT molecular complexity index is 405. The first-order chi connectivity index (χ1) is 6.36. The summed E-state index contributed by atoms with van der Waals surface area (Å²) in [5, 5.41) is 8.44. The topological polar surface area (TPSA) is 23.8 Å². The number of nitriles is 1. The van der Waals surface area contributed by atoms with E-state index in [0.717, 1.165) is 0 Å². The van der Waals surface area contributed by atoms with Crippen molar-refractivity contribution in [3.05, 3.63) is 32.6 Å². The summed E-state index contributed by atoms with van der Waals surface area (Å²) in [5.74, 6) is -1.03. The number of rotatable bonds is 0. The van der Waals surface area contributed by atoms with Gasteiger partial charge in [-0.1, -0.05) is 0 Å². The Morgan fingerprint density at radius 2 is 1.86 bits per heavy atom. The summed E-state index contributed by atoms with van der Waals surface area (Å²) in [4.78, 5) is 0. The highest BCUT2D eigenvalue weighted by Gasteiger charge is 2.32. The fourth-order valence-corrected chi connectivity index (χ4v) is 1.27. The van der Waals surface area contributed by atoms with Gasteiger partial charge in [0, 0.05) is 0 Å². The van der Waals surface area contributed by atoms with Crippen LogP contribution in [0.25, 0.3) is 0 Å². The second kappa shape index (κ2) is 3.73. The fourth-order valence-electron chi connectivity index (χ4n) is 0.834. The first-order valence-corrected chi connectivity index (χ1v) is 4.40. The van der Waals surface area contributed by atoms with Crippen LogP contribution in [0.2, 0.25) is 0 Å². The summed E-state index contributed by atoms with van der Waals surface area (Å²) in [6.07, 6.45) is -4.63. The zero-order valence-electron chi connectivity index (χ0n) is 6.49. The molecule has 74 valence electrons. The van der Waals surface area contributed by atoms with Crippen molar-refractivity contribution in [1.82, 2.24) is 0 Å². The molecule has 0 spiro atoms. The molecule has 0 heterocycles. The van der Waals surface area contributed by atoms with Crippen LogP contribution in [-0.2, 0) is 6.18 Å². The van der Waals surface area contributed by atoms with E-state index < -0.39 is 17.6 Å². The van der Waals surface area contributed by atoms with Crippen LogP contribution in [0.4, 0.5) is 17.6 Å². The van der Waals surface area contributed by atoms with E-state index in [-0.39, 0.29) is 9.13 Å². The van der Waals surface area contributed by atoms with Crippen LogP contribution in [0.15, 0.2) is 12.1 Å². The zero-order valence-corrected chi connectivity index (χ0v) is 8.65. The summed E-state index contributed by atoms with van der Waals surface area (Å²) < 4.78 is 49.2. The molecule has 0 saturated carbocycles. The molecule has 0 bridgehead atoms. The number of benzene rings is 1. The normalized spacial score (nSPS) is 11.1. The molecule has 0 unspecified atom stereocenters. The minimum atomic E-state index is -4.63. The average molecular weight is 315 g/mol. The highest BCUT2D eigenvalue weighted by Crippen LogP contribution is 2.31. The second-order valence-corrected chi connectivity index (χ2v) is 3.51. The summed E-state index contributed by atoms with van der Waals surface area (Å²) in [7, 11) is 0. The van der Waals surface area contributed by atoms with E-state index in [1.807, 2.05) is 0 Å². The number of hydrogen-bond donors (Lipinski definition) is 0. The molecule has 1 aromatic carbocycles. The maximum absolute atomic E-state index is 12.9. The Kier molecular flexibility index (Phi) is 2.99. The lowest BCUT2D eigenvalue weighted by molar-refractivity contribution is -0.137. The molecular formula is C8H2F4IN. The van der Waals surface area contributed by atoms with Crippen molar-refractivity contribution >= 4 is 22.6 Å². The molecule has 0 amide bonds. The van der Waals surface area contributed by atoms with Crippen molar-refractivity contribution in [2.24, 2.45) is 0 Å². The summed E-state index contributed by atoms with van der Waals surface area (Å²) in [5.41, 5.74) is -1.45. The van der Waals surface area contributed by atoms with E-state index in [2.05, 4.69) is 0 Å². The Balaban J connectivity index is 3.40.